The standard InChI is InChI=1S/C14H28Si/c1-12(2)11-15(13-7-3-4-8-13)14-9-5-6-10-14/h12-15H,3-11H2,1-2H3. The van der Waals surface area contributed by atoms with Crippen molar-refractivity contribution in [3.63, 3.8) is 0 Å². The smallest absolute Gasteiger partial charge is 0.0432 e. The molecule has 2 aliphatic carbocycles. The lowest BCUT2D eigenvalue weighted by Crippen LogP contribution is -2.26. The zero-order valence-electron chi connectivity index (χ0n) is 10.7. The maximum absolute atomic E-state index is 2.45. The fraction of sp³-hybridized carbons (Fsp3) is 1.00. The summed E-state index contributed by atoms with van der Waals surface area (Å²) in [7, 11) is -0.397. The Morgan fingerprint density at radius 1 is 0.867 bits per heavy atom. The summed E-state index contributed by atoms with van der Waals surface area (Å²) < 4.78 is 0. The van der Waals surface area contributed by atoms with Crippen LogP contribution in [0.25, 0.3) is 0 Å². The van der Waals surface area contributed by atoms with E-state index in [0.717, 1.165) is 5.92 Å². The summed E-state index contributed by atoms with van der Waals surface area (Å²) in [5, 5.41) is 0. The van der Waals surface area contributed by atoms with Gasteiger partial charge in [0, 0.05) is 8.80 Å². The molecule has 0 N–H and O–H groups in total. The van der Waals surface area contributed by atoms with E-state index in [9.17, 15) is 0 Å². The Labute approximate surface area is 97.4 Å². The van der Waals surface area contributed by atoms with Crippen LogP contribution in [0.4, 0.5) is 0 Å². The third-order valence-electron chi connectivity index (χ3n) is 4.75. The molecule has 0 bridgehead atoms. The predicted molar refractivity (Wildman–Crippen MR) is 71.2 cm³/mol. The molecule has 0 amide bonds. The topological polar surface area (TPSA) is 0 Å². The van der Waals surface area contributed by atoms with Gasteiger partial charge in [0.15, 0.2) is 0 Å². The van der Waals surface area contributed by atoms with Crippen LogP contribution < -0.4 is 0 Å². The lowest BCUT2D eigenvalue weighted by molar-refractivity contribution is 0.680. The first-order valence-electron chi connectivity index (χ1n) is 7.27. The van der Waals surface area contributed by atoms with Crippen molar-refractivity contribution in [1.82, 2.24) is 0 Å². The Morgan fingerprint density at radius 2 is 1.27 bits per heavy atom. The van der Waals surface area contributed by atoms with Gasteiger partial charge in [-0.05, 0) is 17.0 Å². The number of hydrogen-bond donors (Lipinski definition) is 0. The summed E-state index contributed by atoms with van der Waals surface area (Å²) in [4.78, 5) is 0. The second-order valence-corrected chi connectivity index (χ2v) is 10.1. The van der Waals surface area contributed by atoms with Crippen LogP contribution in [0, 0.1) is 5.92 Å². The van der Waals surface area contributed by atoms with Crippen molar-refractivity contribution in [3.8, 4) is 0 Å². The van der Waals surface area contributed by atoms with Gasteiger partial charge in [0.2, 0.25) is 0 Å². The van der Waals surface area contributed by atoms with Gasteiger partial charge in [-0.3, -0.25) is 0 Å². The molecule has 0 aromatic carbocycles. The highest BCUT2D eigenvalue weighted by Gasteiger charge is 2.34. The molecular weight excluding hydrogens is 196 g/mol. The van der Waals surface area contributed by atoms with Gasteiger partial charge in [0.25, 0.3) is 0 Å². The maximum atomic E-state index is 2.45. The van der Waals surface area contributed by atoms with Gasteiger partial charge in [-0.25, -0.2) is 0 Å². The van der Waals surface area contributed by atoms with Gasteiger partial charge in [0.05, 0.1) is 0 Å². The van der Waals surface area contributed by atoms with Crippen LogP contribution in [-0.4, -0.2) is 8.80 Å². The van der Waals surface area contributed by atoms with Gasteiger partial charge in [-0.1, -0.05) is 71.3 Å². The van der Waals surface area contributed by atoms with E-state index in [1.54, 1.807) is 57.4 Å². The van der Waals surface area contributed by atoms with E-state index in [0.29, 0.717) is 0 Å². The fourth-order valence-electron chi connectivity index (χ4n) is 4.09. The predicted octanol–water partition coefficient (Wildman–Crippen LogP) is 4.76. The van der Waals surface area contributed by atoms with E-state index < -0.39 is 8.80 Å². The molecule has 0 heterocycles. The van der Waals surface area contributed by atoms with Crippen LogP contribution in [0.2, 0.25) is 17.1 Å². The molecule has 0 saturated heterocycles. The summed E-state index contributed by atoms with van der Waals surface area (Å²) in [6.45, 7) is 4.90. The molecule has 0 aromatic rings. The van der Waals surface area contributed by atoms with Crippen LogP contribution >= 0.6 is 0 Å². The van der Waals surface area contributed by atoms with Crippen LogP contribution in [0.5, 0.6) is 0 Å². The molecule has 0 nitrogen and oxygen atoms in total. The van der Waals surface area contributed by atoms with Crippen molar-refractivity contribution in [1.29, 1.82) is 0 Å². The van der Waals surface area contributed by atoms with Crippen molar-refractivity contribution in [2.45, 2.75) is 82.3 Å². The quantitative estimate of drug-likeness (QED) is 0.604. The van der Waals surface area contributed by atoms with E-state index in [2.05, 4.69) is 13.8 Å². The molecule has 0 aromatic heterocycles. The highest BCUT2D eigenvalue weighted by Crippen LogP contribution is 2.45. The lowest BCUT2D eigenvalue weighted by Gasteiger charge is -2.29. The minimum atomic E-state index is -0.397. The molecule has 2 aliphatic rings. The Hall–Kier alpha value is 0.217. The second-order valence-electron chi connectivity index (χ2n) is 6.38. The lowest BCUT2D eigenvalue weighted by atomic mass is 10.3. The van der Waals surface area contributed by atoms with Crippen molar-refractivity contribution in [2.75, 3.05) is 0 Å². The largest absolute Gasteiger partial charge is 0.0631 e. The van der Waals surface area contributed by atoms with E-state index >= 15 is 0 Å². The van der Waals surface area contributed by atoms with Crippen molar-refractivity contribution in [3.05, 3.63) is 0 Å². The average molecular weight is 224 g/mol. The fourth-order valence-corrected chi connectivity index (χ4v) is 9.37. The zero-order valence-corrected chi connectivity index (χ0v) is 11.8. The molecule has 2 rings (SSSR count). The molecule has 2 fully saturated rings. The molecule has 88 valence electrons. The van der Waals surface area contributed by atoms with Crippen LogP contribution in [0.1, 0.15) is 65.2 Å². The monoisotopic (exact) mass is 224 g/mol. The molecular formula is C14H28Si. The summed E-state index contributed by atoms with van der Waals surface area (Å²) in [5.74, 6) is 0.975. The normalized spacial score (nSPS) is 24.8. The van der Waals surface area contributed by atoms with Gasteiger partial charge in [-0.15, -0.1) is 0 Å². The van der Waals surface area contributed by atoms with Gasteiger partial charge in [-0.2, -0.15) is 0 Å². The first-order chi connectivity index (χ1) is 7.27. The molecule has 2 saturated carbocycles. The van der Waals surface area contributed by atoms with Crippen LogP contribution in [0.15, 0.2) is 0 Å². The Kier molecular flexibility index (Phi) is 4.30. The molecule has 1 heteroatoms. The van der Waals surface area contributed by atoms with Gasteiger partial charge >= 0.3 is 0 Å². The van der Waals surface area contributed by atoms with E-state index in [1.807, 2.05) is 0 Å². The maximum Gasteiger partial charge on any atom is 0.0432 e. The highest BCUT2D eigenvalue weighted by atomic mass is 28.3. The SMILES string of the molecule is CC(C)C[SiH](C1CCCC1)C1CCCC1. The molecule has 0 radical (unpaired) electrons. The first kappa shape index (κ1) is 11.7. The molecule has 0 aliphatic heterocycles. The van der Waals surface area contributed by atoms with E-state index in [-0.39, 0.29) is 0 Å². The molecule has 0 spiro atoms. The van der Waals surface area contributed by atoms with Gasteiger partial charge < -0.3 is 0 Å². The number of hydrogen-bond acceptors (Lipinski definition) is 0. The molecule has 0 unspecified atom stereocenters. The third-order valence-corrected chi connectivity index (χ3v) is 10.00. The Morgan fingerprint density at radius 3 is 1.60 bits per heavy atom. The van der Waals surface area contributed by atoms with E-state index in [4.69, 9.17) is 0 Å². The van der Waals surface area contributed by atoms with Gasteiger partial charge in [0.1, 0.15) is 0 Å². The molecule has 0 atom stereocenters. The summed E-state index contributed by atoms with van der Waals surface area (Å²) in [5.41, 5.74) is 2.49. The summed E-state index contributed by atoms with van der Waals surface area (Å²) in [6, 6.07) is 1.65. The minimum Gasteiger partial charge on any atom is -0.0631 e. The van der Waals surface area contributed by atoms with Crippen molar-refractivity contribution >= 4 is 8.80 Å². The van der Waals surface area contributed by atoms with Crippen LogP contribution in [-0.2, 0) is 0 Å². The first-order valence-corrected chi connectivity index (χ1v) is 9.42. The van der Waals surface area contributed by atoms with E-state index in [1.165, 1.54) is 11.1 Å². The van der Waals surface area contributed by atoms with Crippen LogP contribution in [0.3, 0.4) is 0 Å². The molecule has 15 heavy (non-hydrogen) atoms. The third kappa shape index (κ3) is 3.09. The summed E-state index contributed by atoms with van der Waals surface area (Å²) in [6.07, 6.45) is 12.7. The summed E-state index contributed by atoms with van der Waals surface area (Å²) >= 11 is 0. The van der Waals surface area contributed by atoms with Crippen molar-refractivity contribution < 1.29 is 0 Å². The van der Waals surface area contributed by atoms with Crippen molar-refractivity contribution in [2.24, 2.45) is 5.92 Å². The number of rotatable bonds is 4. The Balaban J connectivity index is 1.94. The minimum absolute atomic E-state index is 0.397. The average Bonchev–Trinajstić information content (AvgIpc) is 2.87. The Bertz CT molecular complexity index is 160. The highest BCUT2D eigenvalue weighted by molar-refractivity contribution is 6.62. The zero-order chi connectivity index (χ0) is 10.7. The second kappa shape index (κ2) is 5.52.